The molecule has 0 aliphatic carbocycles. The van der Waals surface area contributed by atoms with Gasteiger partial charge in [0.05, 0.1) is 0 Å². The average Bonchev–Trinajstić information content (AvgIpc) is 2.51. The van der Waals surface area contributed by atoms with Crippen LogP contribution in [0.15, 0.2) is 0 Å². The maximum Gasteiger partial charge on any atom is 3.00 e. The van der Waals surface area contributed by atoms with E-state index in [1.807, 2.05) is 56.2 Å². The summed E-state index contributed by atoms with van der Waals surface area (Å²) in [6, 6.07) is 0. The van der Waals surface area contributed by atoms with Crippen molar-refractivity contribution in [1.82, 2.24) is 14.7 Å². The second kappa shape index (κ2) is 22.9. The van der Waals surface area contributed by atoms with Gasteiger partial charge in [0.2, 0.25) is 0 Å². The molecule has 0 aromatic rings. The van der Waals surface area contributed by atoms with Crippen molar-refractivity contribution >= 4 is 105 Å². The molecule has 0 aromatic carbocycles. The van der Waals surface area contributed by atoms with Gasteiger partial charge in [0.15, 0.2) is 0 Å². The number of rotatable bonds is 6. The third kappa shape index (κ3) is 21.0. The SMILES string of the molecule is CCN(CC)C(=S)[S-].CCN(CC)C(=S)[S-].CCN(CC)C(=S)[S-].[Al+3]. The van der Waals surface area contributed by atoms with Gasteiger partial charge in [-0.3, -0.25) is 0 Å². The zero-order valence-corrected chi connectivity index (χ0v) is 22.2. The van der Waals surface area contributed by atoms with Gasteiger partial charge >= 0.3 is 17.4 Å². The summed E-state index contributed by atoms with van der Waals surface area (Å²) in [6.45, 7) is 17.8. The van der Waals surface area contributed by atoms with Crippen LogP contribution in [0.2, 0.25) is 0 Å². The summed E-state index contributed by atoms with van der Waals surface area (Å²) >= 11 is 28.5. The van der Waals surface area contributed by atoms with Crippen molar-refractivity contribution in [3.05, 3.63) is 0 Å². The minimum absolute atomic E-state index is 0. The molecule has 3 nitrogen and oxygen atoms in total. The summed E-state index contributed by atoms with van der Waals surface area (Å²) in [6.07, 6.45) is 0. The van der Waals surface area contributed by atoms with Gasteiger partial charge in [-0.05, 0) is 41.5 Å². The smallest absolute Gasteiger partial charge is 0.411 e. The molecule has 0 saturated heterocycles. The van der Waals surface area contributed by atoms with Crippen molar-refractivity contribution in [2.45, 2.75) is 41.5 Å². The fourth-order valence-corrected chi connectivity index (χ4v) is 2.99. The van der Waals surface area contributed by atoms with Gasteiger partial charge in [-0.15, -0.1) is 0 Å². The van der Waals surface area contributed by atoms with Crippen LogP contribution in [-0.2, 0) is 37.9 Å². The van der Waals surface area contributed by atoms with E-state index in [0.717, 1.165) is 39.3 Å². The molecule has 25 heavy (non-hydrogen) atoms. The van der Waals surface area contributed by atoms with Crippen LogP contribution in [0.25, 0.3) is 0 Å². The van der Waals surface area contributed by atoms with E-state index in [-0.39, 0.29) is 17.4 Å². The number of hydrogen-bond donors (Lipinski definition) is 0. The van der Waals surface area contributed by atoms with E-state index in [4.69, 9.17) is 74.5 Å². The van der Waals surface area contributed by atoms with Crippen molar-refractivity contribution in [2.75, 3.05) is 39.3 Å². The third-order valence-electron chi connectivity index (χ3n) is 3.06. The van der Waals surface area contributed by atoms with E-state index in [1.54, 1.807) is 0 Å². The van der Waals surface area contributed by atoms with Gasteiger partial charge < -0.3 is 89.2 Å². The van der Waals surface area contributed by atoms with Crippen LogP contribution in [0.3, 0.4) is 0 Å². The van der Waals surface area contributed by atoms with Gasteiger partial charge in [0.1, 0.15) is 0 Å². The molecule has 0 atom stereocenters. The maximum atomic E-state index is 4.76. The molecule has 0 bridgehead atoms. The molecule has 0 spiro atoms. The standard InChI is InChI=1S/3C5H11NS2.Al/c3*1-3-6(4-2)5(7)8;/h3*3-4H2,1-2H3,(H,7,8);/q;;;+3/p-3. The summed E-state index contributed by atoms with van der Waals surface area (Å²) in [5.74, 6) is 0. The molecule has 0 radical (unpaired) electrons. The van der Waals surface area contributed by atoms with Crippen molar-refractivity contribution in [2.24, 2.45) is 0 Å². The van der Waals surface area contributed by atoms with Gasteiger partial charge in [0.25, 0.3) is 0 Å². The third-order valence-corrected chi connectivity index (χ3v) is 4.61. The van der Waals surface area contributed by atoms with Crippen LogP contribution in [0, 0.1) is 0 Å². The van der Waals surface area contributed by atoms with Crippen molar-refractivity contribution in [3.8, 4) is 0 Å². The second-order valence-corrected chi connectivity index (χ2v) is 7.41. The van der Waals surface area contributed by atoms with Crippen molar-refractivity contribution in [1.29, 1.82) is 0 Å². The van der Waals surface area contributed by atoms with Crippen molar-refractivity contribution in [3.63, 3.8) is 0 Å². The van der Waals surface area contributed by atoms with Crippen LogP contribution < -0.4 is 0 Å². The first-order valence-corrected chi connectivity index (χ1v) is 10.5. The van der Waals surface area contributed by atoms with Crippen LogP contribution in [0.4, 0.5) is 0 Å². The number of nitrogens with zero attached hydrogens (tertiary/aromatic N) is 3. The van der Waals surface area contributed by atoms with E-state index < -0.39 is 0 Å². The first kappa shape index (κ1) is 33.4. The average molecular weight is 472 g/mol. The number of thiocarbonyl (C=S) groups is 3. The Morgan fingerprint density at radius 3 is 0.640 bits per heavy atom. The monoisotopic (exact) mass is 471 g/mol. The molecule has 0 aliphatic heterocycles. The maximum absolute atomic E-state index is 4.76. The van der Waals surface area contributed by atoms with E-state index in [0.29, 0.717) is 13.0 Å². The Hall–Kier alpha value is 0.862. The van der Waals surface area contributed by atoms with Gasteiger partial charge in [0, 0.05) is 39.3 Å². The molecule has 0 fully saturated rings. The molecule has 0 amide bonds. The minimum Gasteiger partial charge on any atom is -0.411 e. The Kier molecular flexibility index (Phi) is 30.6. The zero-order chi connectivity index (χ0) is 19.7. The summed E-state index contributed by atoms with van der Waals surface area (Å²) in [5.41, 5.74) is 0. The molecular weight excluding hydrogens is 442 g/mol. The largest absolute Gasteiger partial charge is 3.00 e. The molecule has 0 N–H and O–H groups in total. The molecule has 144 valence electrons. The zero-order valence-electron chi connectivity index (χ0n) is 16.1. The summed E-state index contributed by atoms with van der Waals surface area (Å²) in [7, 11) is 0. The molecule has 10 heteroatoms. The normalized spacial score (nSPS) is 8.40. The minimum atomic E-state index is 0. The topological polar surface area (TPSA) is 9.72 Å². The van der Waals surface area contributed by atoms with Gasteiger partial charge in [-0.25, -0.2) is 0 Å². The first-order valence-electron chi connectivity index (χ1n) is 8.04. The van der Waals surface area contributed by atoms with Gasteiger partial charge in [-0.2, -0.15) is 0 Å². The summed E-state index contributed by atoms with van der Waals surface area (Å²) in [5, 5.41) is 0. The van der Waals surface area contributed by atoms with E-state index in [1.165, 1.54) is 0 Å². The van der Waals surface area contributed by atoms with Crippen LogP contribution >= 0.6 is 36.7 Å². The predicted molar refractivity (Wildman–Crippen MR) is 134 cm³/mol. The van der Waals surface area contributed by atoms with Crippen LogP contribution in [0.5, 0.6) is 0 Å². The molecule has 0 unspecified atom stereocenters. The van der Waals surface area contributed by atoms with E-state index in [2.05, 4.69) is 0 Å². The Morgan fingerprint density at radius 1 is 0.520 bits per heavy atom. The molecule has 0 aromatic heterocycles. The molecule has 0 aliphatic rings. The Bertz CT molecular complexity index is 294. The van der Waals surface area contributed by atoms with Crippen LogP contribution in [0.1, 0.15) is 41.5 Å². The molecule has 0 heterocycles. The first-order chi connectivity index (χ1) is 11.2. The van der Waals surface area contributed by atoms with Crippen molar-refractivity contribution < 1.29 is 0 Å². The second-order valence-electron chi connectivity index (χ2n) is 4.31. The molecular formula is C15H30AlN3S6. The summed E-state index contributed by atoms with van der Waals surface area (Å²) in [4.78, 5) is 5.89. The fourth-order valence-electron chi connectivity index (χ4n) is 1.45. The molecule has 0 saturated carbocycles. The number of hydrogen-bond acceptors (Lipinski definition) is 6. The van der Waals surface area contributed by atoms with Crippen LogP contribution in [-0.4, -0.2) is 84.3 Å². The van der Waals surface area contributed by atoms with E-state index >= 15 is 0 Å². The molecule has 0 rings (SSSR count). The Morgan fingerprint density at radius 2 is 0.640 bits per heavy atom. The van der Waals surface area contributed by atoms with E-state index in [9.17, 15) is 0 Å². The van der Waals surface area contributed by atoms with Gasteiger partial charge in [-0.1, -0.05) is 13.0 Å². The Balaban J connectivity index is -0.000000130. The predicted octanol–water partition coefficient (Wildman–Crippen LogP) is 3.10. The summed E-state index contributed by atoms with van der Waals surface area (Å²) < 4.78 is 1.74. The fraction of sp³-hybridized carbons (Fsp3) is 0.800. The quantitative estimate of drug-likeness (QED) is 0.325. The Labute approximate surface area is 199 Å².